The lowest BCUT2D eigenvalue weighted by Gasteiger charge is -2.35. The van der Waals surface area contributed by atoms with Crippen molar-refractivity contribution in [1.82, 2.24) is 19.9 Å². The maximum absolute atomic E-state index is 5.10. The second kappa shape index (κ2) is 7.17. The smallest absolute Gasteiger partial charge is 0.163 e. The molecule has 0 amide bonds. The van der Waals surface area contributed by atoms with E-state index in [9.17, 15) is 0 Å². The maximum Gasteiger partial charge on any atom is 0.163 e. The summed E-state index contributed by atoms with van der Waals surface area (Å²) < 4.78 is 0. The van der Waals surface area contributed by atoms with E-state index in [1.165, 1.54) is 41.5 Å². The molecule has 2 aliphatic rings. The van der Waals surface area contributed by atoms with Crippen molar-refractivity contribution < 1.29 is 0 Å². The third-order valence-corrected chi connectivity index (χ3v) is 7.04. The Bertz CT molecular complexity index is 944. The van der Waals surface area contributed by atoms with E-state index in [1.54, 1.807) is 0 Å². The molecule has 3 aromatic rings. The van der Waals surface area contributed by atoms with E-state index in [0.717, 1.165) is 54.8 Å². The van der Waals surface area contributed by atoms with Crippen LogP contribution in [0.1, 0.15) is 30.2 Å². The van der Waals surface area contributed by atoms with Gasteiger partial charge in [-0.3, -0.25) is 4.98 Å². The summed E-state index contributed by atoms with van der Waals surface area (Å²) in [5.74, 6) is 1.98. The summed E-state index contributed by atoms with van der Waals surface area (Å²) in [5, 5.41) is 1.33. The van der Waals surface area contributed by atoms with Gasteiger partial charge in [0, 0.05) is 49.0 Å². The van der Waals surface area contributed by atoms with Crippen molar-refractivity contribution in [2.75, 3.05) is 37.6 Å². The summed E-state index contributed by atoms with van der Waals surface area (Å²) in [6, 6.07) is 4.01. The van der Waals surface area contributed by atoms with Crippen LogP contribution >= 0.6 is 11.3 Å². The van der Waals surface area contributed by atoms with E-state index in [2.05, 4.69) is 21.7 Å². The van der Waals surface area contributed by atoms with Crippen LogP contribution in [0.3, 0.4) is 0 Å². The summed E-state index contributed by atoms with van der Waals surface area (Å²) in [6.07, 6.45) is 8.60. The zero-order chi connectivity index (χ0) is 18.2. The van der Waals surface area contributed by atoms with Gasteiger partial charge in [-0.1, -0.05) is 6.92 Å². The van der Waals surface area contributed by atoms with Gasteiger partial charge in [0.25, 0.3) is 0 Å². The Hall–Kier alpha value is -2.05. The zero-order valence-corrected chi connectivity index (χ0v) is 16.6. The van der Waals surface area contributed by atoms with Crippen LogP contribution in [0.2, 0.25) is 0 Å². The number of piperazine rings is 1. The van der Waals surface area contributed by atoms with Crippen LogP contribution in [0.25, 0.3) is 21.6 Å². The SMILES string of the molecule is CCN1CCN(c2nc(-c3ccncc3)nc3sc4c(c23)CCCC4)CC1. The lowest BCUT2D eigenvalue weighted by atomic mass is 9.96. The number of thiophene rings is 1. The van der Waals surface area contributed by atoms with Crippen LogP contribution in [0.5, 0.6) is 0 Å². The summed E-state index contributed by atoms with van der Waals surface area (Å²) >= 11 is 1.89. The molecular weight excluding hydrogens is 354 g/mol. The van der Waals surface area contributed by atoms with Gasteiger partial charge in [-0.25, -0.2) is 9.97 Å². The molecule has 1 fully saturated rings. The van der Waals surface area contributed by atoms with Crippen LogP contribution in [0.15, 0.2) is 24.5 Å². The molecule has 4 heterocycles. The molecule has 140 valence electrons. The van der Waals surface area contributed by atoms with E-state index in [4.69, 9.17) is 9.97 Å². The van der Waals surface area contributed by atoms with Crippen LogP contribution < -0.4 is 4.90 Å². The van der Waals surface area contributed by atoms with Gasteiger partial charge in [0.05, 0.1) is 5.39 Å². The summed E-state index contributed by atoms with van der Waals surface area (Å²) in [4.78, 5) is 21.9. The van der Waals surface area contributed by atoms with Crippen molar-refractivity contribution in [3.05, 3.63) is 35.0 Å². The van der Waals surface area contributed by atoms with Crippen molar-refractivity contribution in [1.29, 1.82) is 0 Å². The molecule has 0 aromatic carbocycles. The van der Waals surface area contributed by atoms with Crippen LogP contribution in [0, 0.1) is 0 Å². The molecule has 6 heteroatoms. The van der Waals surface area contributed by atoms with E-state index >= 15 is 0 Å². The molecule has 0 spiro atoms. The highest BCUT2D eigenvalue weighted by Crippen LogP contribution is 2.40. The highest BCUT2D eigenvalue weighted by Gasteiger charge is 2.26. The molecule has 1 saturated heterocycles. The van der Waals surface area contributed by atoms with Crippen molar-refractivity contribution >= 4 is 27.4 Å². The molecule has 3 aromatic heterocycles. The minimum absolute atomic E-state index is 0.830. The molecule has 1 aliphatic carbocycles. The number of likely N-dealkylation sites (N-methyl/N-ethyl adjacent to an activating group) is 1. The van der Waals surface area contributed by atoms with E-state index in [0.29, 0.717) is 0 Å². The summed E-state index contributed by atoms with van der Waals surface area (Å²) in [7, 11) is 0. The first-order valence-electron chi connectivity index (χ1n) is 10.0. The second-order valence-corrected chi connectivity index (χ2v) is 8.50. The Morgan fingerprint density at radius 3 is 2.56 bits per heavy atom. The number of hydrogen-bond acceptors (Lipinski definition) is 6. The Morgan fingerprint density at radius 2 is 1.78 bits per heavy atom. The monoisotopic (exact) mass is 379 g/mol. The third-order valence-electron chi connectivity index (χ3n) is 5.85. The summed E-state index contributed by atoms with van der Waals surface area (Å²) in [5.41, 5.74) is 2.57. The predicted octanol–water partition coefficient (Wildman–Crippen LogP) is 3.77. The van der Waals surface area contributed by atoms with Crippen molar-refractivity contribution in [3.8, 4) is 11.4 Å². The number of hydrogen-bond donors (Lipinski definition) is 0. The number of nitrogens with zero attached hydrogens (tertiary/aromatic N) is 5. The average Bonchev–Trinajstić information content (AvgIpc) is 3.12. The minimum Gasteiger partial charge on any atom is -0.353 e. The fraction of sp³-hybridized carbons (Fsp3) is 0.476. The quantitative estimate of drug-likeness (QED) is 0.693. The van der Waals surface area contributed by atoms with Gasteiger partial charge in [-0.05, 0) is 49.9 Å². The predicted molar refractivity (Wildman–Crippen MR) is 112 cm³/mol. The van der Waals surface area contributed by atoms with Crippen LogP contribution in [-0.2, 0) is 12.8 Å². The van der Waals surface area contributed by atoms with Crippen molar-refractivity contribution in [2.45, 2.75) is 32.6 Å². The van der Waals surface area contributed by atoms with Gasteiger partial charge in [0.15, 0.2) is 5.82 Å². The Labute approximate surface area is 164 Å². The molecule has 1 aliphatic heterocycles. The fourth-order valence-electron chi connectivity index (χ4n) is 4.27. The Morgan fingerprint density at radius 1 is 1.00 bits per heavy atom. The van der Waals surface area contributed by atoms with E-state index < -0.39 is 0 Å². The molecule has 0 N–H and O–H groups in total. The Balaban J connectivity index is 1.65. The van der Waals surface area contributed by atoms with Crippen LogP contribution in [-0.4, -0.2) is 52.6 Å². The molecule has 0 radical (unpaired) electrons. The molecule has 0 bridgehead atoms. The number of pyridine rings is 1. The standard InChI is InChI=1S/C21H25N5S/c1-2-25-11-13-26(14-12-25)20-18-16-5-3-4-6-17(16)27-21(18)24-19(23-20)15-7-9-22-10-8-15/h7-10H,2-6,11-14H2,1H3. The molecule has 27 heavy (non-hydrogen) atoms. The minimum atomic E-state index is 0.830. The topological polar surface area (TPSA) is 45.2 Å². The molecule has 0 atom stereocenters. The number of aryl methyl sites for hydroxylation is 2. The van der Waals surface area contributed by atoms with E-state index in [1.807, 2.05) is 35.9 Å². The van der Waals surface area contributed by atoms with Crippen LogP contribution in [0.4, 0.5) is 5.82 Å². The number of fused-ring (bicyclic) bond motifs is 3. The van der Waals surface area contributed by atoms with Crippen molar-refractivity contribution in [2.24, 2.45) is 0 Å². The van der Waals surface area contributed by atoms with Gasteiger partial charge in [0.2, 0.25) is 0 Å². The highest BCUT2D eigenvalue weighted by molar-refractivity contribution is 7.19. The number of rotatable bonds is 3. The van der Waals surface area contributed by atoms with Gasteiger partial charge in [0.1, 0.15) is 10.6 Å². The second-order valence-electron chi connectivity index (χ2n) is 7.42. The average molecular weight is 380 g/mol. The third kappa shape index (κ3) is 3.11. The van der Waals surface area contributed by atoms with E-state index in [-0.39, 0.29) is 0 Å². The summed E-state index contributed by atoms with van der Waals surface area (Å²) in [6.45, 7) is 7.68. The largest absolute Gasteiger partial charge is 0.353 e. The zero-order valence-electron chi connectivity index (χ0n) is 15.8. The first-order valence-corrected chi connectivity index (χ1v) is 10.8. The highest BCUT2D eigenvalue weighted by atomic mass is 32.1. The first kappa shape index (κ1) is 17.1. The molecular formula is C21H25N5S. The molecule has 0 unspecified atom stereocenters. The maximum atomic E-state index is 5.10. The molecule has 5 rings (SSSR count). The molecule has 5 nitrogen and oxygen atoms in total. The lowest BCUT2D eigenvalue weighted by molar-refractivity contribution is 0.271. The van der Waals surface area contributed by atoms with Gasteiger partial charge >= 0.3 is 0 Å². The Kier molecular flexibility index (Phi) is 4.53. The lowest BCUT2D eigenvalue weighted by Crippen LogP contribution is -2.46. The number of anilines is 1. The normalized spacial score (nSPS) is 18.0. The van der Waals surface area contributed by atoms with Gasteiger partial charge < -0.3 is 9.80 Å². The van der Waals surface area contributed by atoms with Gasteiger partial charge in [-0.15, -0.1) is 11.3 Å². The van der Waals surface area contributed by atoms with Gasteiger partial charge in [-0.2, -0.15) is 0 Å². The first-order chi connectivity index (χ1) is 13.3. The fourth-order valence-corrected chi connectivity index (χ4v) is 5.53. The van der Waals surface area contributed by atoms with Crippen molar-refractivity contribution in [3.63, 3.8) is 0 Å². The number of aromatic nitrogens is 3. The molecule has 0 saturated carbocycles.